The molecule has 0 fully saturated rings. The second-order valence-corrected chi connectivity index (χ2v) is 3.94. The van der Waals surface area contributed by atoms with Crippen molar-refractivity contribution in [2.45, 2.75) is 24.8 Å². The fourth-order valence-electron chi connectivity index (χ4n) is 0.966. The van der Waals surface area contributed by atoms with E-state index >= 15 is 0 Å². The van der Waals surface area contributed by atoms with Crippen LogP contribution >= 0.6 is 11.8 Å². The molecule has 1 heterocycles. The van der Waals surface area contributed by atoms with Gasteiger partial charge < -0.3 is 10.8 Å². The molecule has 78 valence electrons. The SMILES string of the molecule is CCc1nc(N)cc(SCCCO)n1. The van der Waals surface area contributed by atoms with Crippen molar-refractivity contribution in [3.63, 3.8) is 0 Å². The van der Waals surface area contributed by atoms with Crippen LogP contribution in [-0.4, -0.2) is 27.4 Å². The Balaban J connectivity index is 2.62. The third kappa shape index (κ3) is 3.51. The summed E-state index contributed by atoms with van der Waals surface area (Å²) in [4.78, 5) is 8.40. The number of aliphatic hydroxyl groups is 1. The van der Waals surface area contributed by atoms with Crippen LogP contribution in [0.1, 0.15) is 19.2 Å². The lowest BCUT2D eigenvalue weighted by molar-refractivity contribution is 0.296. The molecule has 1 rings (SSSR count). The van der Waals surface area contributed by atoms with Crippen LogP contribution in [0.15, 0.2) is 11.1 Å². The van der Waals surface area contributed by atoms with Crippen LogP contribution < -0.4 is 5.73 Å². The highest BCUT2D eigenvalue weighted by Gasteiger charge is 2.01. The molecule has 1 aromatic heterocycles. The van der Waals surface area contributed by atoms with Gasteiger partial charge in [0.05, 0.1) is 0 Å². The molecule has 0 saturated heterocycles. The molecule has 1 aromatic rings. The van der Waals surface area contributed by atoms with Crippen LogP contribution in [0.3, 0.4) is 0 Å². The number of hydrogen-bond donors (Lipinski definition) is 2. The van der Waals surface area contributed by atoms with Crippen LogP contribution in [0.4, 0.5) is 5.82 Å². The van der Waals surface area contributed by atoms with Gasteiger partial charge in [-0.25, -0.2) is 9.97 Å². The van der Waals surface area contributed by atoms with E-state index in [1.165, 1.54) is 0 Å². The number of nitrogens with two attached hydrogens (primary N) is 1. The van der Waals surface area contributed by atoms with E-state index in [0.717, 1.165) is 29.4 Å². The summed E-state index contributed by atoms with van der Waals surface area (Å²) in [5.74, 6) is 2.15. The predicted molar refractivity (Wildman–Crippen MR) is 58.2 cm³/mol. The predicted octanol–water partition coefficient (Wildman–Crippen LogP) is 1.10. The third-order valence-corrected chi connectivity index (χ3v) is 2.64. The van der Waals surface area contributed by atoms with E-state index < -0.39 is 0 Å². The Morgan fingerprint density at radius 2 is 2.29 bits per heavy atom. The Hall–Kier alpha value is -0.810. The Morgan fingerprint density at radius 1 is 1.50 bits per heavy atom. The third-order valence-electron chi connectivity index (χ3n) is 1.64. The van der Waals surface area contributed by atoms with Gasteiger partial charge in [0.15, 0.2) is 0 Å². The van der Waals surface area contributed by atoms with Crippen LogP contribution in [0.2, 0.25) is 0 Å². The van der Waals surface area contributed by atoms with Crippen molar-refractivity contribution < 1.29 is 5.11 Å². The molecule has 0 amide bonds. The minimum atomic E-state index is 0.216. The monoisotopic (exact) mass is 213 g/mol. The Morgan fingerprint density at radius 3 is 2.93 bits per heavy atom. The van der Waals surface area contributed by atoms with Gasteiger partial charge in [-0.05, 0) is 6.42 Å². The van der Waals surface area contributed by atoms with Crippen LogP contribution in [-0.2, 0) is 6.42 Å². The first-order chi connectivity index (χ1) is 6.76. The molecular weight excluding hydrogens is 198 g/mol. The number of nitrogen functional groups attached to an aromatic ring is 1. The molecular formula is C9H15N3OS. The van der Waals surface area contributed by atoms with Gasteiger partial charge in [-0.1, -0.05) is 6.92 Å². The second kappa shape index (κ2) is 5.82. The quantitative estimate of drug-likeness (QED) is 0.435. The van der Waals surface area contributed by atoms with Gasteiger partial charge in [-0.15, -0.1) is 11.8 Å². The molecule has 0 aromatic carbocycles. The van der Waals surface area contributed by atoms with Crippen molar-refractivity contribution in [2.24, 2.45) is 0 Å². The summed E-state index contributed by atoms with van der Waals surface area (Å²) in [6.45, 7) is 2.21. The number of aryl methyl sites for hydroxylation is 1. The largest absolute Gasteiger partial charge is 0.396 e. The van der Waals surface area contributed by atoms with Gasteiger partial charge in [0, 0.05) is 24.8 Å². The Bertz CT molecular complexity index is 293. The van der Waals surface area contributed by atoms with E-state index in [9.17, 15) is 0 Å². The highest BCUT2D eigenvalue weighted by molar-refractivity contribution is 7.99. The zero-order chi connectivity index (χ0) is 10.4. The van der Waals surface area contributed by atoms with Gasteiger partial charge in [0.1, 0.15) is 16.7 Å². The van der Waals surface area contributed by atoms with E-state index in [-0.39, 0.29) is 6.61 Å². The molecule has 0 spiro atoms. The van der Waals surface area contributed by atoms with Gasteiger partial charge in [0.2, 0.25) is 0 Å². The topological polar surface area (TPSA) is 72.0 Å². The van der Waals surface area contributed by atoms with E-state index in [4.69, 9.17) is 10.8 Å². The van der Waals surface area contributed by atoms with Crippen molar-refractivity contribution in [1.29, 1.82) is 0 Å². The van der Waals surface area contributed by atoms with E-state index in [1.54, 1.807) is 17.8 Å². The maximum atomic E-state index is 8.63. The zero-order valence-electron chi connectivity index (χ0n) is 8.23. The Kier molecular flexibility index (Phi) is 4.69. The van der Waals surface area contributed by atoms with Gasteiger partial charge in [-0.2, -0.15) is 0 Å². The van der Waals surface area contributed by atoms with Crippen LogP contribution in [0.5, 0.6) is 0 Å². The first-order valence-electron chi connectivity index (χ1n) is 4.63. The standard InChI is InChI=1S/C9H15N3OS/c1-2-8-11-7(10)6-9(12-8)14-5-3-4-13/h6,13H,2-5H2,1H3,(H2,10,11,12). The van der Waals surface area contributed by atoms with Crippen LogP contribution in [0.25, 0.3) is 0 Å². The molecule has 0 unspecified atom stereocenters. The van der Waals surface area contributed by atoms with Gasteiger partial charge >= 0.3 is 0 Å². The van der Waals surface area contributed by atoms with Gasteiger partial charge in [0.25, 0.3) is 0 Å². The molecule has 0 atom stereocenters. The number of aromatic nitrogens is 2. The normalized spacial score (nSPS) is 10.4. The maximum Gasteiger partial charge on any atom is 0.131 e. The number of anilines is 1. The molecule has 0 aliphatic heterocycles. The average molecular weight is 213 g/mol. The summed E-state index contributed by atoms with van der Waals surface area (Å²) in [6.07, 6.45) is 1.56. The number of nitrogens with zero attached hydrogens (tertiary/aromatic N) is 2. The molecule has 0 aliphatic carbocycles. The van der Waals surface area contributed by atoms with Crippen LogP contribution in [0, 0.1) is 0 Å². The van der Waals surface area contributed by atoms with Crippen molar-refractivity contribution >= 4 is 17.6 Å². The maximum absolute atomic E-state index is 8.63. The summed E-state index contributed by atoms with van der Waals surface area (Å²) in [5.41, 5.74) is 5.63. The highest BCUT2D eigenvalue weighted by atomic mass is 32.2. The van der Waals surface area contributed by atoms with Crippen molar-refractivity contribution in [2.75, 3.05) is 18.1 Å². The molecule has 0 bridgehead atoms. The molecule has 0 aliphatic rings. The number of hydrogen-bond acceptors (Lipinski definition) is 5. The summed E-state index contributed by atoms with van der Waals surface area (Å²) >= 11 is 1.60. The molecule has 0 saturated carbocycles. The number of aliphatic hydroxyl groups excluding tert-OH is 1. The molecule has 14 heavy (non-hydrogen) atoms. The lowest BCUT2D eigenvalue weighted by Crippen LogP contribution is -1.99. The summed E-state index contributed by atoms with van der Waals surface area (Å²) < 4.78 is 0. The Labute approximate surface area is 88.0 Å². The first kappa shape index (κ1) is 11.3. The molecule has 3 N–H and O–H groups in total. The fourth-order valence-corrected chi connectivity index (χ4v) is 1.82. The molecule has 5 heteroatoms. The van der Waals surface area contributed by atoms with Crippen molar-refractivity contribution in [1.82, 2.24) is 9.97 Å². The van der Waals surface area contributed by atoms with Gasteiger partial charge in [-0.3, -0.25) is 0 Å². The number of thioether (sulfide) groups is 1. The average Bonchev–Trinajstić information content (AvgIpc) is 2.17. The lowest BCUT2D eigenvalue weighted by Gasteiger charge is -2.03. The number of rotatable bonds is 5. The molecule has 4 nitrogen and oxygen atoms in total. The van der Waals surface area contributed by atoms with Crippen molar-refractivity contribution in [3.05, 3.63) is 11.9 Å². The molecule has 0 radical (unpaired) electrons. The van der Waals surface area contributed by atoms with E-state index in [0.29, 0.717) is 5.82 Å². The zero-order valence-corrected chi connectivity index (χ0v) is 9.05. The van der Waals surface area contributed by atoms with Crippen molar-refractivity contribution in [3.8, 4) is 0 Å². The minimum absolute atomic E-state index is 0.216. The first-order valence-corrected chi connectivity index (χ1v) is 5.62. The summed E-state index contributed by atoms with van der Waals surface area (Å²) in [6, 6.07) is 1.77. The second-order valence-electron chi connectivity index (χ2n) is 2.83. The van der Waals surface area contributed by atoms with E-state index in [2.05, 4.69) is 9.97 Å². The minimum Gasteiger partial charge on any atom is -0.396 e. The summed E-state index contributed by atoms with van der Waals surface area (Å²) in [5, 5.41) is 9.52. The fraction of sp³-hybridized carbons (Fsp3) is 0.556. The highest BCUT2D eigenvalue weighted by Crippen LogP contribution is 2.18. The van der Waals surface area contributed by atoms with E-state index in [1.807, 2.05) is 6.92 Å². The smallest absolute Gasteiger partial charge is 0.131 e. The lowest BCUT2D eigenvalue weighted by atomic mass is 10.4. The summed E-state index contributed by atoms with van der Waals surface area (Å²) in [7, 11) is 0.